The Bertz CT molecular complexity index is 3.61. The van der Waals surface area contributed by atoms with Crippen LogP contribution in [-0.4, -0.2) is 0 Å². The quantitative estimate of drug-likeness (QED) is 0.414. The van der Waals surface area contributed by atoms with Gasteiger partial charge in [0.1, 0.15) is 0 Å². The summed E-state index contributed by atoms with van der Waals surface area (Å²) in [7, 11) is 3.00. The minimum atomic E-state index is 1.25. The summed E-state index contributed by atoms with van der Waals surface area (Å²) in [5.74, 6) is 0. The minimum absolute atomic E-state index is 1.25. The molecule has 0 atom stereocenters. The molecule has 0 aliphatic rings. The molecule has 0 heterocycles. The third-order valence-corrected chi connectivity index (χ3v) is 0. The maximum atomic E-state index is 9.00. The molecule has 1 heteroatoms. The zero-order valence-electron chi connectivity index (χ0n) is 3.66. The van der Waals surface area contributed by atoms with Gasteiger partial charge in [0.05, 0.1) is 0 Å². The van der Waals surface area contributed by atoms with Crippen LogP contribution in [0.1, 0.15) is 20.3 Å². The molecule has 0 saturated carbocycles. The second-order valence-electron chi connectivity index (χ2n) is 0.707. The summed E-state index contributed by atoms with van der Waals surface area (Å²) in [6.07, 6.45) is 1.25. The first kappa shape index (κ1) is 8.87. The monoisotopic (exact) mass is 76.1 g/mol. The Kier molecular flexibility index (Phi) is 69.2. The van der Waals surface area contributed by atoms with Crippen LogP contribution in [-0.2, 0) is 0 Å². The van der Waals surface area contributed by atoms with Crippen molar-refractivity contribution in [3.05, 3.63) is 7.18 Å². The standard InChI is InChI=1S/C3H8.CHF/c1-3-2;1-2/h3H2,1-2H3;1H. The SMILES string of the molecule is CCC.[CH]F. The first-order valence-electron chi connectivity index (χ1n) is 1.63. The van der Waals surface area contributed by atoms with Gasteiger partial charge in [-0.1, -0.05) is 20.3 Å². The lowest BCUT2D eigenvalue weighted by atomic mass is 10.6. The van der Waals surface area contributed by atoms with Gasteiger partial charge in [0.2, 0.25) is 0 Å². The highest BCUT2D eigenvalue weighted by Crippen LogP contribution is 1.56. The van der Waals surface area contributed by atoms with Crippen LogP contribution in [0.2, 0.25) is 0 Å². The van der Waals surface area contributed by atoms with Crippen molar-refractivity contribution in [2.45, 2.75) is 20.3 Å². The van der Waals surface area contributed by atoms with Crippen LogP contribution in [0.3, 0.4) is 0 Å². The Morgan fingerprint density at radius 2 is 1.40 bits per heavy atom. The maximum absolute atomic E-state index is 9.00. The molecule has 0 aromatic carbocycles. The van der Waals surface area contributed by atoms with E-state index in [1.54, 1.807) is 0 Å². The molecule has 2 radical (unpaired) electrons. The van der Waals surface area contributed by atoms with E-state index in [0.717, 1.165) is 0 Å². The van der Waals surface area contributed by atoms with Crippen molar-refractivity contribution in [1.82, 2.24) is 0 Å². The fourth-order valence-corrected chi connectivity index (χ4v) is 0. The predicted molar refractivity (Wildman–Crippen MR) is 21.4 cm³/mol. The molecule has 0 amide bonds. The average Bonchev–Trinajstić information content (AvgIpc) is 1.46. The van der Waals surface area contributed by atoms with Gasteiger partial charge >= 0.3 is 0 Å². The smallest absolute Gasteiger partial charge is 0.168 e. The fraction of sp³-hybridized carbons (Fsp3) is 0.750. The van der Waals surface area contributed by atoms with E-state index in [1.165, 1.54) is 6.42 Å². The van der Waals surface area contributed by atoms with Crippen LogP contribution >= 0.6 is 0 Å². The van der Waals surface area contributed by atoms with Crippen molar-refractivity contribution in [2.75, 3.05) is 0 Å². The summed E-state index contributed by atoms with van der Waals surface area (Å²) in [5, 5.41) is 0. The Morgan fingerprint density at radius 1 is 1.40 bits per heavy atom. The predicted octanol–water partition coefficient (Wildman–Crippen LogP) is 2.04. The fourth-order valence-electron chi connectivity index (χ4n) is 0. The molecular weight excluding hydrogens is 67.0 g/mol. The molecule has 0 fully saturated rings. The van der Waals surface area contributed by atoms with Gasteiger partial charge in [-0.15, -0.1) is 0 Å². The molecule has 0 unspecified atom stereocenters. The molecule has 0 nitrogen and oxygen atoms in total. The second kappa shape index (κ2) is 39.0. The normalized spacial score (nSPS) is 4.80. The van der Waals surface area contributed by atoms with Gasteiger partial charge in [-0.05, 0) is 0 Å². The molecule has 0 aliphatic carbocycles. The van der Waals surface area contributed by atoms with E-state index in [2.05, 4.69) is 21.0 Å². The summed E-state index contributed by atoms with van der Waals surface area (Å²) in [5.41, 5.74) is 0. The molecule has 0 spiro atoms. The van der Waals surface area contributed by atoms with Crippen LogP contribution in [0.4, 0.5) is 4.39 Å². The van der Waals surface area contributed by atoms with Gasteiger partial charge in [0, 0.05) is 0 Å². The summed E-state index contributed by atoms with van der Waals surface area (Å²) in [4.78, 5) is 0. The summed E-state index contributed by atoms with van der Waals surface area (Å²) in [6.45, 7) is 4.25. The maximum Gasteiger partial charge on any atom is 0.168 e. The Morgan fingerprint density at radius 3 is 1.40 bits per heavy atom. The first-order chi connectivity index (χ1) is 2.41. The molecule has 0 aromatic rings. The lowest BCUT2D eigenvalue weighted by molar-refractivity contribution is 0.713. The van der Waals surface area contributed by atoms with Crippen LogP contribution in [0.25, 0.3) is 0 Å². The van der Waals surface area contributed by atoms with Gasteiger partial charge < -0.3 is 0 Å². The molecule has 5 heavy (non-hydrogen) atoms. The van der Waals surface area contributed by atoms with E-state index < -0.39 is 0 Å². The van der Waals surface area contributed by atoms with E-state index in [0.29, 0.717) is 0 Å². The van der Waals surface area contributed by atoms with E-state index >= 15 is 0 Å². The Hall–Kier alpha value is -0.0700. The lowest BCUT2D eigenvalue weighted by Gasteiger charge is -1.48. The second-order valence-corrected chi connectivity index (χ2v) is 0.707. The highest BCUT2D eigenvalue weighted by Gasteiger charge is 1.35. The Balaban J connectivity index is 0. The lowest BCUT2D eigenvalue weighted by Crippen LogP contribution is -1.27. The van der Waals surface area contributed by atoms with E-state index in [-0.39, 0.29) is 0 Å². The van der Waals surface area contributed by atoms with Gasteiger partial charge in [-0.3, -0.25) is 0 Å². The molecule has 0 N–H and O–H groups in total. The largest absolute Gasteiger partial charge is 0.241 e. The zero-order chi connectivity index (χ0) is 4.71. The van der Waals surface area contributed by atoms with Gasteiger partial charge in [-0.25, -0.2) is 4.39 Å². The number of hydrogen-bond donors (Lipinski definition) is 0. The van der Waals surface area contributed by atoms with Crippen molar-refractivity contribution in [3.8, 4) is 0 Å². The highest BCUT2D eigenvalue weighted by molar-refractivity contribution is 3.92. The summed E-state index contributed by atoms with van der Waals surface area (Å²) >= 11 is 0. The average molecular weight is 76.1 g/mol. The van der Waals surface area contributed by atoms with E-state index in [1.807, 2.05) is 0 Å². The number of halogens is 1. The first-order valence-corrected chi connectivity index (χ1v) is 1.63. The topological polar surface area (TPSA) is 0 Å². The Labute approximate surface area is 33.0 Å². The van der Waals surface area contributed by atoms with Crippen molar-refractivity contribution in [3.63, 3.8) is 0 Å². The molecule has 32 valence electrons. The van der Waals surface area contributed by atoms with Crippen LogP contribution in [0, 0.1) is 7.18 Å². The van der Waals surface area contributed by atoms with E-state index in [9.17, 15) is 0 Å². The van der Waals surface area contributed by atoms with Crippen molar-refractivity contribution >= 4 is 0 Å². The van der Waals surface area contributed by atoms with Crippen LogP contribution in [0.5, 0.6) is 0 Å². The molecule has 0 aromatic heterocycles. The molecular formula is C4H9F. The third kappa shape index (κ3) is 2990. The number of rotatable bonds is 0. The molecule has 0 saturated heterocycles. The third-order valence-electron chi connectivity index (χ3n) is 0. The van der Waals surface area contributed by atoms with Gasteiger partial charge in [0.25, 0.3) is 0 Å². The van der Waals surface area contributed by atoms with Crippen molar-refractivity contribution in [2.24, 2.45) is 0 Å². The molecule has 0 rings (SSSR count). The van der Waals surface area contributed by atoms with E-state index in [4.69, 9.17) is 4.39 Å². The minimum Gasteiger partial charge on any atom is -0.241 e. The van der Waals surface area contributed by atoms with Crippen LogP contribution < -0.4 is 0 Å². The summed E-state index contributed by atoms with van der Waals surface area (Å²) in [6, 6.07) is 0. The summed E-state index contributed by atoms with van der Waals surface area (Å²) < 4.78 is 9.00. The van der Waals surface area contributed by atoms with Crippen LogP contribution in [0.15, 0.2) is 0 Å². The van der Waals surface area contributed by atoms with Crippen molar-refractivity contribution in [1.29, 1.82) is 0 Å². The highest BCUT2D eigenvalue weighted by atomic mass is 19.1. The zero-order valence-corrected chi connectivity index (χ0v) is 3.66. The van der Waals surface area contributed by atoms with Gasteiger partial charge in [-0.2, -0.15) is 0 Å². The van der Waals surface area contributed by atoms with Crippen molar-refractivity contribution < 1.29 is 4.39 Å². The molecule has 0 aliphatic heterocycles. The van der Waals surface area contributed by atoms with Gasteiger partial charge in [0.15, 0.2) is 7.18 Å². The number of hydrogen-bond acceptors (Lipinski definition) is 0. The molecule has 0 bridgehead atoms.